The van der Waals surface area contributed by atoms with E-state index in [1.807, 2.05) is 13.8 Å². The fourth-order valence-corrected chi connectivity index (χ4v) is 2.55. The zero-order valence-corrected chi connectivity index (χ0v) is 11.6. The van der Waals surface area contributed by atoms with Gasteiger partial charge in [0.05, 0.1) is 5.41 Å². The molecular weight excluding hydrogens is 212 g/mol. The Morgan fingerprint density at radius 1 is 1.41 bits per heavy atom. The molecule has 1 saturated carbocycles. The monoisotopic (exact) mass is 240 g/mol. The summed E-state index contributed by atoms with van der Waals surface area (Å²) in [5, 5.41) is 3.21. The first-order chi connectivity index (χ1) is 8.05. The molecule has 0 aliphatic heterocycles. The summed E-state index contributed by atoms with van der Waals surface area (Å²) in [6.45, 7) is 6.66. The summed E-state index contributed by atoms with van der Waals surface area (Å²) >= 11 is 0. The minimum absolute atomic E-state index is 0.143. The quantitative estimate of drug-likeness (QED) is 0.775. The molecule has 0 aromatic carbocycles. The van der Waals surface area contributed by atoms with Crippen molar-refractivity contribution in [2.24, 2.45) is 17.1 Å². The fourth-order valence-electron chi connectivity index (χ4n) is 2.55. The summed E-state index contributed by atoms with van der Waals surface area (Å²) in [6, 6.07) is 0.374. The number of nitrogens with one attached hydrogen (secondary N) is 1. The molecule has 0 bridgehead atoms. The van der Waals surface area contributed by atoms with Crippen LogP contribution in [0.15, 0.2) is 0 Å². The molecular formula is C14H28N2O. The van der Waals surface area contributed by atoms with Gasteiger partial charge in [-0.25, -0.2) is 0 Å². The largest absolute Gasteiger partial charge is 0.353 e. The van der Waals surface area contributed by atoms with Crippen molar-refractivity contribution in [2.75, 3.05) is 6.54 Å². The summed E-state index contributed by atoms with van der Waals surface area (Å²) in [5.74, 6) is 0.934. The molecule has 0 saturated heterocycles. The molecule has 17 heavy (non-hydrogen) atoms. The molecule has 0 heterocycles. The van der Waals surface area contributed by atoms with Crippen LogP contribution in [-0.4, -0.2) is 18.5 Å². The second-order valence-corrected chi connectivity index (χ2v) is 5.73. The molecule has 3 unspecified atom stereocenters. The van der Waals surface area contributed by atoms with Gasteiger partial charge in [0.1, 0.15) is 0 Å². The van der Waals surface area contributed by atoms with Gasteiger partial charge in [0, 0.05) is 12.6 Å². The van der Waals surface area contributed by atoms with Gasteiger partial charge >= 0.3 is 0 Å². The highest BCUT2D eigenvalue weighted by Gasteiger charge is 2.32. The van der Waals surface area contributed by atoms with Crippen molar-refractivity contribution in [1.82, 2.24) is 5.32 Å². The van der Waals surface area contributed by atoms with Crippen molar-refractivity contribution in [3.05, 3.63) is 0 Å². The van der Waals surface area contributed by atoms with Crippen molar-refractivity contribution >= 4 is 5.91 Å². The number of carbonyl (C=O) groups is 1. The van der Waals surface area contributed by atoms with Gasteiger partial charge in [0.2, 0.25) is 5.91 Å². The summed E-state index contributed by atoms with van der Waals surface area (Å²) in [5.41, 5.74) is 5.33. The van der Waals surface area contributed by atoms with Gasteiger partial charge in [-0.1, -0.05) is 33.1 Å². The van der Waals surface area contributed by atoms with Crippen LogP contribution >= 0.6 is 0 Å². The van der Waals surface area contributed by atoms with E-state index >= 15 is 0 Å². The van der Waals surface area contributed by atoms with Gasteiger partial charge < -0.3 is 11.1 Å². The van der Waals surface area contributed by atoms with Crippen molar-refractivity contribution in [3.8, 4) is 0 Å². The number of nitrogens with two attached hydrogens (primary N) is 1. The third-order valence-corrected chi connectivity index (χ3v) is 4.47. The lowest BCUT2D eigenvalue weighted by molar-refractivity contribution is -0.131. The van der Waals surface area contributed by atoms with Gasteiger partial charge in [-0.15, -0.1) is 0 Å². The van der Waals surface area contributed by atoms with Crippen LogP contribution in [0.25, 0.3) is 0 Å². The topological polar surface area (TPSA) is 55.1 Å². The average molecular weight is 240 g/mol. The second-order valence-electron chi connectivity index (χ2n) is 5.73. The first-order valence-corrected chi connectivity index (χ1v) is 7.06. The van der Waals surface area contributed by atoms with Gasteiger partial charge in [0.15, 0.2) is 0 Å². The van der Waals surface area contributed by atoms with Crippen molar-refractivity contribution in [1.29, 1.82) is 0 Å². The Morgan fingerprint density at radius 2 is 2.12 bits per heavy atom. The first kappa shape index (κ1) is 14.5. The maximum absolute atomic E-state index is 12.2. The number of hydrogen-bond acceptors (Lipinski definition) is 2. The van der Waals surface area contributed by atoms with Crippen LogP contribution < -0.4 is 11.1 Å². The SMILES string of the molecule is CCC1CCCC(NC(=O)C(C)(CC)CN)C1. The van der Waals surface area contributed by atoms with E-state index < -0.39 is 0 Å². The highest BCUT2D eigenvalue weighted by atomic mass is 16.2. The first-order valence-electron chi connectivity index (χ1n) is 7.06. The Balaban J connectivity index is 2.50. The number of rotatable bonds is 5. The molecule has 1 aliphatic carbocycles. The minimum Gasteiger partial charge on any atom is -0.353 e. The van der Waals surface area contributed by atoms with Crippen LogP contribution in [0.5, 0.6) is 0 Å². The lowest BCUT2D eigenvalue weighted by Crippen LogP contribution is -2.48. The molecule has 1 amide bonds. The molecule has 1 rings (SSSR count). The van der Waals surface area contributed by atoms with E-state index in [9.17, 15) is 4.79 Å². The number of hydrogen-bond donors (Lipinski definition) is 2. The molecule has 3 heteroatoms. The average Bonchev–Trinajstić information content (AvgIpc) is 2.37. The number of carbonyl (C=O) groups excluding carboxylic acids is 1. The standard InChI is InChI=1S/C14H28N2O/c1-4-11-7-6-8-12(9-11)16-13(17)14(3,5-2)10-15/h11-12H,4-10,15H2,1-3H3,(H,16,17). The lowest BCUT2D eigenvalue weighted by Gasteiger charge is -2.33. The van der Waals surface area contributed by atoms with E-state index in [1.54, 1.807) is 0 Å². The highest BCUT2D eigenvalue weighted by Crippen LogP contribution is 2.28. The Labute approximate surface area is 106 Å². The summed E-state index contributed by atoms with van der Waals surface area (Å²) in [7, 11) is 0. The maximum Gasteiger partial charge on any atom is 0.227 e. The lowest BCUT2D eigenvalue weighted by atomic mass is 9.82. The van der Waals surface area contributed by atoms with Gasteiger partial charge in [-0.2, -0.15) is 0 Å². The second kappa shape index (κ2) is 6.39. The summed E-state index contributed by atoms with van der Waals surface area (Å²) in [6.07, 6.45) is 6.88. The molecule has 1 fully saturated rings. The maximum atomic E-state index is 12.2. The molecule has 0 aromatic rings. The van der Waals surface area contributed by atoms with Gasteiger partial charge in [0.25, 0.3) is 0 Å². The van der Waals surface area contributed by atoms with Crippen LogP contribution in [0.1, 0.15) is 59.3 Å². The molecule has 0 aromatic heterocycles. The predicted octanol–water partition coefficient (Wildman–Crippen LogP) is 2.45. The third kappa shape index (κ3) is 3.70. The van der Waals surface area contributed by atoms with Crippen LogP contribution in [-0.2, 0) is 4.79 Å². The number of amides is 1. The van der Waals surface area contributed by atoms with E-state index in [0.717, 1.165) is 25.2 Å². The molecule has 3 atom stereocenters. The van der Waals surface area contributed by atoms with Gasteiger partial charge in [-0.05, 0) is 32.1 Å². The van der Waals surface area contributed by atoms with E-state index in [-0.39, 0.29) is 11.3 Å². The Kier molecular flexibility index (Phi) is 5.44. The highest BCUT2D eigenvalue weighted by molar-refractivity contribution is 5.82. The molecule has 100 valence electrons. The fraction of sp³-hybridized carbons (Fsp3) is 0.929. The molecule has 1 aliphatic rings. The van der Waals surface area contributed by atoms with E-state index in [2.05, 4.69) is 12.2 Å². The van der Waals surface area contributed by atoms with E-state index in [0.29, 0.717) is 12.6 Å². The predicted molar refractivity (Wildman–Crippen MR) is 71.6 cm³/mol. The van der Waals surface area contributed by atoms with Crippen molar-refractivity contribution in [2.45, 2.75) is 65.3 Å². The summed E-state index contributed by atoms with van der Waals surface area (Å²) < 4.78 is 0. The van der Waals surface area contributed by atoms with Crippen LogP contribution in [0, 0.1) is 11.3 Å². The van der Waals surface area contributed by atoms with Crippen LogP contribution in [0.4, 0.5) is 0 Å². The van der Waals surface area contributed by atoms with Crippen molar-refractivity contribution < 1.29 is 4.79 Å². The Hall–Kier alpha value is -0.570. The van der Waals surface area contributed by atoms with Crippen molar-refractivity contribution in [3.63, 3.8) is 0 Å². The van der Waals surface area contributed by atoms with Crippen LogP contribution in [0.3, 0.4) is 0 Å². The molecule has 3 nitrogen and oxygen atoms in total. The molecule has 0 radical (unpaired) electrons. The normalized spacial score (nSPS) is 28.5. The Morgan fingerprint density at radius 3 is 2.65 bits per heavy atom. The smallest absolute Gasteiger partial charge is 0.227 e. The van der Waals surface area contributed by atoms with E-state index in [4.69, 9.17) is 5.73 Å². The minimum atomic E-state index is -0.390. The zero-order valence-electron chi connectivity index (χ0n) is 11.6. The van der Waals surface area contributed by atoms with Gasteiger partial charge in [-0.3, -0.25) is 4.79 Å². The Bertz CT molecular complexity index is 249. The summed E-state index contributed by atoms with van der Waals surface area (Å²) in [4.78, 5) is 12.2. The van der Waals surface area contributed by atoms with Crippen LogP contribution in [0.2, 0.25) is 0 Å². The molecule has 0 spiro atoms. The zero-order chi connectivity index (χ0) is 12.9. The van der Waals surface area contributed by atoms with E-state index in [1.165, 1.54) is 19.3 Å². The molecule has 3 N–H and O–H groups in total. The third-order valence-electron chi connectivity index (χ3n) is 4.47.